The summed E-state index contributed by atoms with van der Waals surface area (Å²) in [6.45, 7) is 1.94. The van der Waals surface area contributed by atoms with Gasteiger partial charge in [-0.3, -0.25) is 4.79 Å². The Bertz CT molecular complexity index is 532. The fraction of sp³-hybridized carbons (Fsp3) is 0.0667. The van der Waals surface area contributed by atoms with Gasteiger partial charge in [0, 0.05) is 12.0 Å². The van der Waals surface area contributed by atoms with E-state index in [4.69, 9.17) is 5.73 Å². The minimum absolute atomic E-state index is 0.393. The van der Waals surface area contributed by atoms with Crippen LogP contribution in [0.5, 0.6) is 0 Å². The first-order chi connectivity index (χ1) is 8.16. The quantitative estimate of drug-likeness (QED) is 0.855. The Morgan fingerprint density at radius 3 is 2.47 bits per heavy atom. The van der Waals surface area contributed by atoms with Gasteiger partial charge in [-0.2, -0.15) is 0 Å². The van der Waals surface area contributed by atoms with Gasteiger partial charge in [0.1, 0.15) is 0 Å². The molecule has 0 aliphatic heterocycles. The Labute approximate surface area is 101 Å². The molecule has 0 unspecified atom stereocenters. The van der Waals surface area contributed by atoms with E-state index in [0.717, 1.165) is 16.7 Å². The molecule has 2 nitrogen and oxygen atoms in total. The van der Waals surface area contributed by atoms with Crippen LogP contribution in [0.25, 0.3) is 0 Å². The van der Waals surface area contributed by atoms with Gasteiger partial charge in [0.15, 0.2) is 0 Å². The number of amides is 1. The monoisotopic (exact) mass is 224 g/mol. The molecule has 2 aromatic rings. The zero-order valence-corrected chi connectivity index (χ0v) is 9.68. The van der Waals surface area contributed by atoms with E-state index in [1.54, 1.807) is 0 Å². The number of hydrogen-bond donors (Lipinski definition) is 1. The van der Waals surface area contributed by atoms with Gasteiger partial charge in [-0.1, -0.05) is 48.0 Å². The molecule has 0 fully saturated rings. The molecule has 0 aliphatic carbocycles. The van der Waals surface area contributed by atoms with Crippen molar-refractivity contribution in [3.8, 4) is 0 Å². The van der Waals surface area contributed by atoms with Crippen LogP contribution in [0.4, 0.5) is 0 Å². The average molecular weight is 224 g/mol. The fourth-order valence-corrected chi connectivity index (χ4v) is 1.74. The van der Waals surface area contributed by atoms with Crippen LogP contribution in [0, 0.1) is 13.3 Å². The van der Waals surface area contributed by atoms with Crippen molar-refractivity contribution in [2.45, 2.75) is 6.92 Å². The topological polar surface area (TPSA) is 43.1 Å². The molecule has 0 heterocycles. The first-order valence-corrected chi connectivity index (χ1v) is 5.47. The number of benzene rings is 2. The van der Waals surface area contributed by atoms with Gasteiger partial charge in [0.05, 0.1) is 0 Å². The molecular weight excluding hydrogens is 210 g/mol. The highest BCUT2D eigenvalue weighted by Gasteiger charge is 2.08. The lowest BCUT2D eigenvalue weighted by Crippen LogP contribution is -2.13. The van der Waals surface area contributed by atoms with E-state index in [1.807, 2.05) is 61.9 Å². The first kappa shape index (κ1) is 11.4. The molecule has 2 heteroatoms. The van der Waals surface area contributed by atoms with E-state index < -0.39 is 5.91 Å². The highest BCUT2D eigenvalue weighted by atomic mass is 16.1. The van der Waals surface area contributed by atoms with E-state index in [9.17, 15) is 4.79 Å². The SMILES string of the molecule is Cc1ccc([CH]c2ccccc2)c(C(N)=O)c1. The van der Waals surface area contributed by atoms with Crippen LogP contribution < -0.4 is 5.73 Å². The Kier molecular flexibility index (Phi) is 3.24. The molecule has 1 amide bonds. The number of carbonyl (C=O) groups is 1. The highest BCUT2D eigenvalue weighted by molar-refractivity contribution is 5.95. The summed E-state index contributed by atoms with van der Waals surface area (Å²) in [7, 11) is 0. The summed E-state index contributed by atoms with van der Waals surface area (Å²) in [5.41, 5.74) is 8.88. The van der Waals surface area contributed by atoms with Gasteiger partial charge in [-0.15, -0.1) is 0 Å². The molecular formula is C15H14NO. The second-order valence-corrected chi connectivity index (χ2v) is 4.01. The molecule has 0 saturated heterocycles. The summed E-state index contributed by atoms with van der Waals surface area (Å²) >= 11 is 0. The van der Waals surface area contributed by atoms with Crippen molar-refractivity contribution >= 4 is 5.91 Å². The lowest BCUT2D eigenvalue weighted by atomic mass is 9.98. The second kappa shape index (κ2) is 4.83. The third-order valence-electron chi connectivity index (χ3n) is 2.60. The van der Waals surface area contributed by atoms with Gasteiger partial charge in [-0.25, -0.2) is 0 Å². The van der Waals surface area contributed by atoms with Crippen molar-refractivity contribution in [3.63, 3.8) is 0 Å². The average Bonchev–Trinajstić information content (AvgIpc) is 2.32. The Hall–Kier alpha value is -2.09. The molecule has 2 N–H and O–H groups in total. The van der Waals surface area contributed by atoms with Crippen LogP contribution in [-0.4, -0.2) is 5.91 Å². The predicted octanol–water partition coefficient (Wildman–Crippen LogP) is 2.69. The lowest BCUT2D eigenvalue weighted by Gasteiger charge is -2.07. The van der Waals surface area contributed by atoms with Crippen molar-refractivity contribution in [2.24, 2.45) is 5.73 Å². The van der Waals surface area contributed by atoms with Crippen LogP contribution in [0.2, 0.25) is 0 Å². The van der Waals surface area contributed by atoms with E-state index in [0.29, 0.717) is 5.56 Å². The minimum Gasteiger partial charge on any atom is -0.366 e. The summed E-state index contributed by atoms with van der Waals surface area (Å²) in [5.74, 6) is -0.393. The van der Waals surface area contributed by atoms with E-state index in [-0.39, 0.29) is 0 Å². The maximum atomic E-state index is 11.4. The van der Waals surface area contributed by atoms with Crippen molar-refractivity contribution < 1.29 is 4.79 Å². The van der Waals surface area contributed by atoms with Crippen molar-refractivity contribution in [1.82, 2.24) is 0 Å². The lowest BCUT2D eigenvalue weighted by molar-refractivity contribution is 0.1000. The van der Waals surface area contributed by atoms with Crippen molar-refractivity contribution in [1.29, 1.82) is 0 Å². The van der Waals surface area contributed by atoms with Crippen molar-refractivity contribution in [2.75, 3.05) is 0 Å². The van der Waals surface area contributed by atoms with E-state index in [2.05, 4.69) is 0 Å². The van der Waals surface area contributed by atoms with Gasteiger partial charge in [0.25, 0.3) is 0 Å². The van der Waals surface area contributed by atoms with Crippen LogP contribution in [0.1, 0.15) is 27.0 Å². The Morgan fingerprint density at radius 2 is 1.82 bits per heavy atom. The maximum Gasteiger partial charge on any atom is 0.249 e. The Balaban J connectivity index is 2.36. The zero-order chi connectivity index (χ0) is 12.3. The van der Waals surface area contributed by atoms with Crippen LogP contribution in [-0.2, 0) is 0 Å². The van der Waals surface area contributed by atoms with Crippen LogP contribution >= 0.6 is 0 Å². The van der Waals surface area contributed by atoms with E-state index >= 15 is 0 Å². The third kappa shape index (κ3) is 2.72. The summed E-state index contributed by atoms with van der Waals surface area (Å²) in [4.78, 5) is 11.4. The molecule has 0 bridgehead atoms. The maximum absolute atomic E-state index is 11.4. The molecule has 2 rings (SSSR count). The molecule has 1 radical (unpaired) electrons. The highest BCUT2D eigenvalue weighted by Crippen LogP contribution is 2.17. The number of primary amides is 1. The fourth-order valence-electron chi connectivity index (χ4n) is 1.74. The molecule has 85 valence electrons. The van der Waals surface area contributed by atoms with E-state index in [1.165, 1.54) is 0 Å². The predicted molar refractivity (Wildman–Crippen MR) is 68.6 cm³/mol. The number of carbonyl (C=O) groups excluding carboxylic acids is 1. The summed E-state index contributed by atoms with van der Waals surface area (Å²) in [6, 6.07) is 15.6. The Morgan fingerprint density at radius 1 is 1.12 bits per heavy atom. The molecule has 2 aromatic carbocycles. The van der Waals surface area contributed by atoms with Gasteiger partial charge < -0.3 is 5.73 Å². The minimum atomic E-state index is -0.393. The number of aryl methyl sites for hydroxylation is 1. The smallest absolute Gasteiger partial charge is 0.249 e. The third-order valence-corrected chi connectivity index (χ3v) is 2.60. The van der Waals surface area contributed by atoms with Gasteiger partial charge in [-0.05, 0) is 24.1 Å². The summed E-state index contributed by atoms with van der Waals surface area (Å²) in [5, 5.41) is 0. The molecule has 0 aliphatic rings. The van der Waals surface area contributed by atoms with Crippen molar-refractivity contribution in [3.05, 3.63) is 77.2 Å². The summed E-state index contributed by atoms with van der Waals surface area (Å²) < 4.78 is 0. The number of nitrogens with two attached hydrogens (primary N) is 1. The zero-order valence-electron chi connectivity index (χ0n) is 9.68. The number of hydrogen-bond acceptors (Lipinski definition) is 1. The number of rotatable bonds is 3. The molecule has 0 saturated carbocycles. The normalized spacial score (nSPS) is 10.2. The van der Waals surface area contributed by atoms with Gasteiger partial charge >= 0.3 is 0 Å². The van der Waals surface area contributed by atoms with Crippen LogP contribution in [0.3, 0.4) is 0 Å². The molecule has 0 aromatic heterocycles. The molecule has 0 spiro atoms. The first-order valence-electron chi connectivity index (χ1n) is 5.47. The van der Waals surface area contributed by atoms with Crippen LogP contribution in [0.15, 0.2) is 48.5 Å². The van der Waals surface area contributed by atoms with Gasteiger partial charge in [0.2, 0.25) is 5.91 Å². The largest absolute Gasteiger partial charge is 0.366 e. The summed E-state index contributed by atoms with van der Waals surface area (Å²) in [6.07, 6.45) is 1.96. The molecule has 17 heavy (non-hydrogen) atoms. The standard InChI is InChI=1S/C15H14NO/c1-11-7-8-13(14(9-11)15(16)17)10-12-5-3-2-4-6-12/h2-10H,1H3,(H2,16,17). The molecule has 0 atom stereocenters. The second-order valence-electron chi connectivity index (χ2n) is 4.01.